The quantitative estimate of drug-likeness (QED) is 0.601. The number of benzene rings is 1. The van der Waals surface area contributed by atoms with Gasteiger partial charge in [-0.2, -0.15) is 0 Å². The number of nitro groups is 1. The zero-order valence-electron chi connectivity index (χ0n) is 11.8. The van der Waals surface area contributed by atoms with Crippen LogP contribution in [-0.4, -0.2) is 18.5 Å². The normalized spacial score (nSPS) is 10.4. The average Bonchev–Trinajstić information content (AvgIpc) is 2.84. The van der Waals surface area contributed by atoms with E-state index in [0.717, 1.165) is 9.35 Å². The van der Waals surface area contributed by atoms with Gasteiger partial charge in [-0.3, -0.25) is 10.1 Å². The van der Waals surface area contributed by atoms with Crippen LogP contribution in [0.25, 0.3) is 0 Å². The van der Waals surface area contributed by atoms with Crippen molar-refractivity contribution in [3.05, 3.63) is 49.1 Å². The number of rotatable bonds is 6. The minimum absolute atomic E-state index is 0.123. The summed E-state index contributed by atoms with van der Waals surface area (Å²) in [5.41, 5.74) is 1.29. The van der Waals surface area contributed by atoms with Crippen molar-refractivity contribution < 1.29 is 4.92 Å². The van der Waals surface area contributed by atoms with E-state index in [9.17, 15) is 10.1 Å². The van der Waals surface area contributed by atoms with Crippen LogP contribution < -0.4 is 10.2 Å². The Labute approximate surface area is 135 Å². The van der Waals surface area contributed by atoms with E-state index >= 15 is 0 Å². The monoisotopic (exact) mass is 369 g/mol. The van der Waals surface area contributed by atoms with E-state index in [4.69, 9.17) is 0 Å². The first kappa shape index (κ1) is 15.8. The number of halogens is 1. The molecular weight excluding hydrogens is 354 g/mol. The van der Waals surface area contributed by atoms with Crippen molar-refractivity contribution in [1.29, 1.82) is 0 Å². The fourth-order valence-electron chi connectivity index (χ4n) is 2.12. The third-order valence-electron chi connectivity index (χ3n) is 2.99. The molecule has 0 aliphatic rings. The molecule has 5 nitrogen and oxygen atoms in total. The van der Waals surface area contributed by atoms with Crippen LogP contribution in [0.4, 0.5) is 17.1 Å². The van der Waals surface area contributed by atoms with Crippen molar-refractivity contribution >= 4 is 44.3 Å². The Bertz CT molecular complexity index is 645. The summed E-state index contributed by atoms with van der Waals surface area (Å²) in [4.78, 5) is 14.1. The third-order valence-corrected chi connectivity index (χ3v) is 4.67. The largest absolute Gasteiger partial charge is 0.380 e. The molecule has 0 saturated carbocycles. The molecule has 1 aromatic carbocycles. The Hall–Kier alpha value is -1.60. The van der Waals surface area contributed by atoms with Crippen LogP contribution in [-0.2, 0) is 6.54 Å². The zero-order chi connectivity index (χ0) is 15.4. The lowest BCUT2D eigenvalue weighted by molar-refractivity contribution is -0.383. The van der Waals surface area contributed by atoms with Gasteiger partial charge in [0.15, 0.2) is 0 Å². The van der Waals surface area contributed by atoms with Gasteiger partial charge in [0.1, 0.15) is 11.4 Å². The van der Waals surface area contributed by atoms with E-state index in [1.807, 2.05) is 36.4 Å². The Morgan fingerprint density at radius 2 is 2.24 bits per heavy atom. The van der Waals surface area contributed by atoms with E-state index in [1.54, 1.807) is 23.5 Å². The minimum atomic E-state index is -0.325. The second-order valence-electron chi connectivity index (χ2n) is 4.55. The van der Waals surface area contributed by atoms with Crippen molar-refractivity contribution in [2.75, 3.05) is 23.8 Å². The number of nitro benzene ring substituents is 1. The lowest BCUT2D eigenvalue weighted by atomic mass is 10.2. The molecule has 1 heterocycles. The molecule has 0 fully saturated rings. The summed E-state index contributed by atoms with van der Waals surface area (Å²) in [6.45, 7) is 3.20. The molecule has 0 bridgehead atoms. The highest BCUT2D eigenvalue weighted by Gasteiger charge is 2.22. The second kappa shape index (κ2) is 6.91. The number of nitrogens with zero attached hydrogens (tertiary/aromatic N) is 2. The second-order valence-corrected chi connectivity index (χ2v) is 6.46. The van der Waals surface area contributed by atoms with Gasteiger partial charge < -0.3 is 10.2 Å². The number of anilines is 2. The van der Waals surface area contributed by atoms with Crippen LogP contribution in [0, 0.1) is 10.1 Å². The summed E-state index contributed by atoms with van der Waals surface area (Å²) in [5, 5.41) is 16.5. The first-order valence-electron chi connectivity index (χ1n) is 6.48. The van der Waals surface area contributed by atoms with Crippen molar-refractivity contribution in [1.82, 2.24) is 0 Å². The van der Waals surface area contributed by atoms with Gasteiger partial charge >= 0.3 is 5.69 Å². The van der Waals surface area contributed by atoms with Crippen LogP contribution in [0.15, 0.2) is 34.1 Å². The molecule has 0 aliphatic carbocycles. The average molecular weight is 370 g/mol. The summed E-state index contributed by atoms with van der Waals surface area (Å²) < 4.78 is 1.03. The van der Waals surface area contributed by atoms with Gasteiger partial charge in [0.2, 0.25) is 0 Å². The van der Waals surface area contributed by atoms with E-state index in [-0.39, 0.29) is 10.6 Å². The summed E-state index contributed by atoms with van der Waals surface area (Å²) in [6.07, 6.45) is 0. The molecule has 0 saturated heterocycles. The number of nitrogens with one attached hydrogen (secondary N) is 1. The maximum atomic E-state index is 11.4. The van der Waals surface area contributed by atoms with Crippen LogP contribution in [0.2, 0.25) is 0 Å². The third kappa shape index (κ3) is 3.74. The smallest absolute Gasteiger partial charge is 0.315 e. The van der Waals surface area contributed by atoms with Crippen LogP contribution in [0.3, 0.4) is 0 Å². The molecule has 0 radical (unpaired) electrons. The van der Waals surface area contributed by atoms with Gasteiger partial charge in [-0.1, -0.05) is 6.07 Å². The lowest BCUT2D eigenvalue weighted by Crippen LogP contribution is -2.17. The number of para-hydroxylation sites is 1. The fourth-order valence-corrected chi connectivity index (χ4v) is 3.62. The Morgan fingerprint density at radius 3 is 2.81 bits per heavy atom. The molecule has 21 heavy (non-hydrogen) atoms. The topological polar surface area (TPSA) is 58.4 Å². The SMILES string of the molecule is CCNc1cccc(N(C)Cc2cc(Br)cs2)c1[N+](=O)[O-]. The van der Waals surface area contributed by atoms with Crippen LogP contribution >= 0.6 is 27.3 Å². The number of hydrogen-bond acceptors (Lipinski definition) is 5. The van der Waals surface area contributed by atoms with Crippen molar-refractivity contribution in [3.8, 4) is 0 Å². The predicted molar refractivity (Wildman–Crippen MR) is 91.4 cm³/mol. The molecule has 2 rings (SSSR count). The molecule has 1 N–H and O–H groups in total. The van der Waals surface area contributed by atoms with Gasteiger partial charge in [0.25, 0.3) is 0 Å². The molecule has 1 aromatic heterocycles. The van der Waals surface area contributed by atoms with Gasteiger partial charge in [-0.25, -0.2) is 0 Å². The molecule has 7 heteroatoms. The van der Waals surface area contributed by atoms with Crippen molar-refractivity contribution in [3.63, 3.8) is 0 Å². The molecule has 0 unspecified atom stereocenters. The maximum absolute atomic E-state index is 11.4. The lowest BCUT2D eigenvalue weighted by Gasteiger charge is -2.19. The number of thiophene rings is 1. The molecular formula is C14H16BrN3O2S. The zero-order valence-corrected chi connectivity index (χ0v) is 14.2. The Kier molecular flexibility index (Phi) is 5.19. The Balaban J connectivity index is 2.33. The maximum Gasteiger partial charge on any atom is 0.315 e. The van der Waals surface area contributed by atoms with Gasteiger partial charge in [0.05, 0.1) is 11.5 Å². The molecule has 112 valence electrons. The van der Waals surface area contributed by atoms with Gasteiger partial charge in [-0.05, 0) is 41.1 Å². The summed E-state index contributed by atoms with van der Waals surface area (Å²) >= 11 is 5.05. The summed E-state index contributed by atoms with van der Waals surface area (Å²) in [7, 11) is 1.87. The van der Waals surface area contributed by atoms with E-state index in [2.05, 4.69) is 21.2 Å². The highest BCUT2D eigenvalue weighted by atomic mass is 79.9. The highest BCUT2D eigenvalue weighted by Crippen LogP contribution is 2.36. The molecule has 2 aromatic rings. The van der Waals surface area contributed by atoms with E-state index in [1.165, 1.54) is 0 Å². The standard InChI is InChI=1S/C14H16BrN3O2S/c1-3-16-12-5-4-6-13(14(12)18(19)20)17(2)8-11-7-10(15)9-21-11/h4-7,9,16H,3,8H2,1-2H3. The van der Waals surface area contributed by atoms with Crippen LogP contribution in [0.1, 0.15) is 11.8 Å². The minimum Gasteiger partial charge on any atom is -0.380 e. The molecule has 0 atom stereocenters. The van der Waals surface area contributed by atoms with E-state index < -0.39 is 0 Å². The van der Waals surface area contributed by atoms with Crippen molar-refractivity contribution in [2.45, 2.75) is 13.5 Å². The van der Waals surface area contributed by atoms with Crippen molar-refractivity contribution in [2.24, 2.45) is 0 Å². The van der Waals surface area contributed by atoms with Gasteiger partial charge in [0, 0.05) is 28.3 Å². The predicted octanol–water partition coefficient (Wildman–Crippen LogP) is 4.49. The Morgan fingerprint density at radius 1 is 1.48 bits per heavy atom. The van der Waals surface area contributed by atoms with E-state index in [0.29, 0.717) is 24.5 Å². The fraction of sp³-hybridized carbons (Fsp3) is 0.286. The van der Waals surface area contributed by atoms with Crippen LogP contribution in [0.5, 0.6) is 0 Å². The van der Waals surface area contributed by atoms with Gasteiger partial charge in [-0.15, -0.1) is 11.3 Å². The first-order valence-corrected chi connectivity index (χ1v) is 8.15. The molecule has 0 spiro atoms. The summed E-state index contributed by atoms with van der Waals surface area (Å²) in [5.74, 6) is 0. The molecule has 0 amide bonds. The first-order chi connectivity index (χ1) is 10.0. The summed E-state index contributed by atoms with van der Waals surface area (Å²) in [6, 6.07) is 7.38. The molecule has 0 aliphatic heterocycles. The highest BCUT2D eigenvalue weighted by molar-refractivity contribution is 9.10. The number of hydrogen-bond donors (Lipinski definition) is 1.